The maximum Gasteiger partial charge on any atom is 0.306 e. The van der Waals surface area contributed by atoms with Gasteiger partial charge in [0.1, 0.15) is 13.2 Å². The van der Waals surface area contributed by atoms with E-state index in [1.165, 1.54) is 199 Å². The quantitative estimate of drug-likeness (QED) is 0.0262. The van der Waals surface area contributed by atoms with E-state index >= 15 is 0 Å². The number of hydrogen-bond donors (Lipinski definition) is 0. The molecule has 1 atom stereocenters. The summed E-state index contributed by atoms with van der Waals surface area (Å²) in [6.07, 6.45) is 56.2. The lowest BCUT2D eigenvalue weighted by atomic mass is 10.0. The van der Waals surface area contributed by atoms with Crippen molar-refractivity contribution in [2.45, 2.75) is 309 Å². The van der Waals surface area contributed by atoms with Gasteiger partial charge >= 0.3 is 17.9 Å². The minimum absolute atomic E-state index is 0.0669. The number of carbonyl (C=O) groups is 3. The molecular weight excluding hydrogens is 757 g/mol. The summed E-state index contributed by atoms with van der Waals surface area (Å²) in [6.45, 7) is 6.67. The monoisotopic (exact) mass is 861 g/mol. The fourth-order valence-corrected chi connectivity index (χ4v) is 8.14. The van der Waals surface area contributed by atoms with Crippen LogP contribution in [0.25, 0.3) is 0 Å². The number of unbranched alkanes of at least 4 members (excludes halogenated alkanes) is 37. The molecule has 0 N–H and O–H groups in total. The highest BCUT2D eigenvalue weighted by molar-refractivity contribution is 5.71. The first-order chi connectivity index (χ1) is 30.0. The highest BCUT2D eigenvalue weighted by Crippen LogP contribution is 2.16. The molecule has 0 radical (unpaired) electrons. The van der Waals surface area contributed by atoms with Crippen LogP contribution in [0.5, 0.6) is 0 Å². The van der Waals surface area contributed by atoms with Crippen LogP contribution in [0.2, 0.25) is 0 Å². The van der Waals surface area contributed by atoms with Crippen LogP contribution in [0.1, 0.15) is 303 Å². The van der Waals surface area contributed by atoms with Crippen LogP contribution in [0, 0.1) is 0 Å². The highest BCUT2D eigenvalue weighted by Gasteiger charge is 2.19. The van der Waals surface area contributed by atoms with Crippen LogP contribution < -0.4 is 0 Å². The molecule has 61 heavy (non-hydrogen) atoms. The van der Waals surface area contributed by atoms with E-state index in [0.29, 0.717) is 19.3 Å². The Kier molecular flexibility index (Phi) is 49.3. The van der Waals surface area contributed by atoms with Crippen molar-refractivity contribution in [3.05, 3.63) is 12.2 Å². The summed E-state index contributed by atoms with van der Waals surface area (Å²) in [6, 6.07) is 0. The Morgan fingerprint density at radius 2 is 0.541 bits per heavy atom. The lowest BCUT2D eigenvalue weighted by molar-refractivity contribution is -0.167. The fourth-order valence-electron chi connectivity index (χ4n) is 8.14. The molecule has 0 aliphatic heterocycles. The summed E-state index contributed by atoms with van der Waals surface area (Å²) in [7, 11) is 0. The maximum atomic E-state index is 12.8. The van der Waals surface area contributed by atoms with Crippen molar-refractivity contribution in [3.63, 3.8) is 0 Å². The van der Waals surface area contributed by atoms with Gasteiger partial charge in [-0.3, -0.25) is 14.4 Å². The van der Waals surface area contributed by atoms with Crippen LogP contribution in [0.3, 0.4) is 0 Å². The van der Waals surface area contributed by atoms with Crippen molar-refractivity contribution >= 4 is 17.9 Å². The van der Waals surface area contributed by atoms with Gasteiger partial charge in [0.05, 0.1) is 0 Å². The van der Waals surface area contributed by atoms with E-state index in [2.05, 4.69) is 32.9 Å². The van der Waals surface area contributed by atoms with E-state index in [-0.39, 0.29) is 31.1 Å². The van der Waals surface area contributed by atoms with Crippen molar-refractivity contribution in [2.75, 3.05) is 13.2 Å². The molecule has 0 aromatic heterocycles. The zero-order valence-electron chi connectivity index (χ0n) is 41.2. The Morgan fingerprint density at radius 3 is 0.820 bits per heavy atom. The van der Waals surface area contributed by atoms with Crippen LogP contribution in [0.4, 0.5) is 0 Å². The van der Waals surface area contributed by atoms with Crippen molar-refractivity contribution in [1.29, 1.82) is 0 Å². The standard InChI is InChI=1S/C55H104O6/c1-4-7-10-13-16-19-22-25-27-30-33-36-39-42-45-48-54(57)60-51-52(50-59-53(56)47-44-41-38-35-32-29-24-21-18-15-12-9-6-3)61-55(58)49-46-43-40-37-34-31-28-26-23-20-17-14-11-8-5-2/h25,27,52H,4-24,26,28-51H2,1-3H3. The van der Waals surface area contributed by atoms with Gasteiger partial charge in [0.2, 0.25) is 0 Å². The second-order valence-corrected chi connectivity index (χ2v) is 18.5. The summed E-state index contributed by atoms with van der Waals surface area (Å²) in [4.78, 5) is 38.0. The van der Waals surface area contributed by atoms with Gasteiger partial charge in [0.15, 0.2) is 6.10 Å². The summed E-state index contributed by atoms with van der Waals surface area (Å²) < 4.78 is 16.8. The second-order valence-electron chi connectivity index (χ2n) is 18.5. The molecule has 0 aromatic carbocycles. The summed E-state index contributed by atoms with van der Waals surface area (Å²) >= 11 is 0. The average Bonchev–Trinajstić information content (AvgIpc) is 3.26. The maximum absolute atomic E-state index is 12.8. The smallest absolute Gasteiger partial charge is 0.306 e. The number of hydrogen-bond acceptors (Lipinski definition) is 6. The van der Waals surface area contributed by atoms with E-state index in [4.69, 9.17) is 14.2 Å². The molecule has 0 aromatic rings. The molecule has 0 aliphatic rings. The van der Waals surface area contributed by atoms with Crippen LogP contribution in [0.15, 0.2) is 12.2 Å². The first-order valence-electron chi connectivity index (χ1n) is 27.2. The Hall–Kier alpha value is -1.85. The molecule has 0 bridgehead atoms. The third-order valence-corrected chi connectivity index (χ3v) is 12.3. The summed E-state index contributed by atoms with van der Waals surface area (Å²) in [5, 5.41) is 0. The largest absolute Gasteiger partial charge is 0.462 e. The number of ether oxygens (including phenoxy) is 3. The number of rotatable bonds is 50. The molecule has 0 amide bonds. The van der Waals surface area contributed by atoms with Gasteiger partial charge < -0.3 is 14.2 Å². The molecule has 1 unspecified atom stereocenters. The van der Waals surface area contributed by atoms with Gasteiger partial charge in [-0.1, -0.05) is 251 Å². The van der Waals surface area contributed by atoms with Gasteiger partial charge in [0.25, 0.3) is 0 Å². The summed E-state index contributed by atoms with van der Waals surface area (Å²) in [5.74, 6) is -0.855. The average molecular weight is 861 g/mol. The van der Waals surface area contributed by atoms with Crippen LogP contribution in [-0.2, 0) is 28.6 Å². The molecule has 0 rings (SSSR count). The van der Waals surface area contributed by atoms with Crippen molar-refractivity contribution in [3.8, 4) is 0 Å². The van der Waals surface area contributed by atoms with Gasteiger partial charge in [-0.15, -0.1) is 0 Å². The first-order valence-corrected chi connectivity index (χ1v) is 27.2. The molecule has 0 saturated carbocycles. The Labute approximate surface area is 380 Å². The normalized spacial score (nSPS) is 12.0. The molecule has 0 heterocycles. The molecule has 0 saturated heterocycles. The third-order valence-electron chi connectivity index (χ3n) is 12.3. The predicted molar refractivity (Wildman–Crippen MR) is 261 cm³/mol. The number of allylic oxidation sites excluding steroid dienone is 2. The topological polar surface area (TPSA) is 78.9 Å². The van der Waals surface area contributed by atoms with Gasteiger partial charge in [-0.2, -0.15) is 0 Å². The SMILES string of the molecule is CCCCCCCCC=CCCCCCCCC(=O)OCC(COC(=O)CCCCCCCCCCCCCCC)OC(=O)CCCCCCCCCCCCCCCCC. The van der Waals surface area contributed by atoms with Crippen molar-refractivity contribution in [1.82, 2.24) is 0 Å². The summed E-state index contributed by atoms with van der Waals surface area (Å²) in [5.41, 5.74) is 0. The van der Waals surface area contributed by atoms with Crippen LogP contribution >= 0.6 is 0 Å². The van der Waals surface area contributed by atoms with E-state index in [9.17, 15) is 14.4 Å². The molecule has 0 spiro atoms. The zero-order chi connectivity index (χ0) is 44.4. The minimum atomic E-state index is -0.766. The first kappa shape index (κ1) is 59.1. The molecular formula is C55H104O6. The van der Waals surface area contributed by atoms with Gasteiger partial charge in [0, 0.05) is 19.3 Å². The van der Waals surface area contributed by atoms with E-state index in [1.54, 1.807) is 0 Å². The predicted octanol–water partition coefficient (Wildman–Crippen LogP) is 17.8. The lowest BCUT2D eigenvalue weighted by Gasteiger charge is -2.18. The fraction of sp³-hybridized carbons (Fsp3) is 0.909. The lowest BCUT2D eigenvalue weighted by Crippen LogP contribution is -2.30. The molecule has 360 valence electrons. The third kappa shape index (κ3) is 49.0. The number of esters is 3. The van der Waals surface area contributed by atoms with E-state index < -0.39 is 6.10 Å². The minimum Gasteiger partial charge on any atom is -0.462 e. The number of carbonyl (C=O) groups excluding carboxylic acids is 3. The van der Waals surface area contributed by atoms with Crippen molar-refractivity contribution in [2.24, 2.45) is 0 Å². The Bertz CT molecular complexity index is 947. The zero-order valence-corrected chi connectivity index (χ0v) is 41.2. The Balaban J connectivity index is 4.33. The molecule has 0 fully saturated rings. The molecule has 0 aliphatic carbocycles. The second kappa shape index (κ2) is 50.8. The van der Waals surface area contributed by atoms with Crippen molar-refractivity contribution < 1.29 is 28.6 Å². The van der Waals surface area contributed by atoms with Gasteiger partial charge in [-0.05, 0) is 44.9 Å². The van der Waals surface area contributed by atoms with E-state index in [1.807, 2.05) is 0 Å². The van der Waals surface area contributed by atoms with E-state index in [0.717, 1.165) is 64.2 Å². The van der Waals surface area contributed by atoms with Gasteiger partial charge in [-0.25, -0.2) is 0 Å². The van der Waals surface area contributed by atoms with Crippen LogP contribution in [-0.4, -0.2) is 37.2 Å². The molecule has 6 heteroatoms. The highest BCUT2D eigenvalue weighted by atomic mass is 16.6. The molecule has 6 nitrogen and oxygen atoms in total. The Morgan fingerprint density at radius 1 is 0.311 bits per heavy atom.